The molecule has 0 fully saturated rings. The van der Waals surface area contributed by atoms with E-state index < -0.39 is 52.5 Å². The minimum atomic E-state index is -4.42. The Labute approximate surface area is 144 Å². The molecule has 1 aromatic carbocycles. The van der Waals surface area contributed by atoms with E-state index in [1.807, 2.05) is 4.72 Å². The quantitative estimate of drug-likeness (QED) is 0.690. The first kappa shape index (κ1) is 20.7. The zero-order valence-corrected chi connectivity index (χ0v) is 15.3. The molecule has 11 heteroatoms. The summed E-state index contributed by atoms with van der Waals surface area (Å²) in [6, 6.07) is 1.66. The maximum atomic E-state index is 13.5. The summed E-state index contributed by atoms with van der Waals surface area (Å²) < 4.78 is 62.7. The maximum Gasteiger partial charge on any atom is 0.340 e. The predicted molar refractivity (Wildman–Crippen MR) is 89.1 cm³/mol. The summed E-state index contributed by atoms with van der Waals surface area (Å²) in [7, 11) is -8.35. The number of hydrogen-bond donors (Lipinski definition) is 2. The molecular weight excluding hydrogens is 385 g/mol. The van der Waals surface area contributed by atoms with Gasteiger partial charge in [0.2, 0.25) is 10.0 Å². The number of sulfone groups is 1. The van der Waals surface area contributed by atoms with Crippen molar-refractivity contribution in [2.24, 2.45) is 0 Å². The fourth-order valence-corrected chi connectivity index (χ4v) is 6.83. The van der Waals surface area contributed by atoms with Crippen LogP contribution in [0.3, 0.4) is 0 Å². The smallest absolute Gasteiger partial charge is 0.340 e. The first-order valence-corrected chi connectivity index (χ1v) is 10.6. The molecule has 0 aliphatic heterocycles. The van der Waals surface area contributed by atoms with E-state index in [-0.39, 0.29) is 18.6 Å². The summed E-state index contributed by atoms with van der Waals surface area (Å²) in [5, 5.41) is 8.27. The molecule has 1 unspecified atom stereocenters. The van der Waals surface area contributed by atoms with Crippen LogP contribution in [0.25, 0.3) is 0 Å². The molecule has 0 saturated heterocycles. The van der Waals surface area contributed by atoms with Crippen LogP contribution in [0.15, 0.2) is 12.1 Å². The highest BCUT2D eigenvalue weighted by atomic mass is 35.5. The first-order valence-electron chi connectivity index (χ1n) is 6.92. The minimum Gasteiger partial charge on any atom is -0.478 e. The fraction of sp³-hybridized carbons (Fsp3) is 0.462. The van der Waals surface area contributed by atoms with E-state index in [9.17, 15) is 26.0 Å². The van der Waals surface area contributed by atoms with Crippen LogP contribution in [0.2, 0.25) is 5.02 Å². The van der Waals surface area contributed by atoms with Gasteiger partial charge in [-0.2, -0.15) is 0 Å². The Morgan fingerprint density at radius 3 is 2.33 bits per heavy atom. The van der Waals surface area contributed by atoms with E-state index in [0.717, 1.165) is 12.1 Å². The standard InChI is InChI=1S/C13H17ClFNO6S2/c1-3-7-23(19,20)10(4-2)24(21,22)16-9-6-5-8(15)11(12(9)14)13(17)18/h5-6,10,16H,3-4,7H2,1-2H3,(H,17,18). The zero-order valence-electron chi connectivity index (χ0n) is 12.9. The molecule has 1 aromatic rings. The molecule has 1 rings (SSSR count). The van der Waals surface area contributed by atoms with Crippen molar-refractivity contribution >= 4 is 43.1 Å². The molecule has 1 atom stereocenters. The molecule has 0 aliphatic rings. The summed E-state index contributed by atoms with van der Waals surface area (Å²) >= 11 is 5.74. The molecule has 0 radical (unpaired) electrons. The largest absolute Gasteiger partial charge is 0.478 e. The molecule has 2 N–H and O–H groups in total. The molecule has 0 heterocycles. The molecule has 0 aromatic heterocycles. The Morgan fingerprint density at radius 2 is 1.88 bits per heavy atom. The van der Waals surface area contributed by atoms with Crippen LogP contribution in [-0.2, 0) is 19.9 Å². The normalized spacial score (nSPS) is 13.5. The van der Waals surface area contributed by atoms with E-state index in [1.165, 1.54) is 6.92 Å². The third-order valence-corrected chi connectivity index (χ3v) is 8.80. The Kier molecular flexibility index (Phi) is 6.59. The summed E-state index contributed by atoms with van der Waals surface area (Å²) in [6.45, 7) is 2.99. The van der Waals surface area contributed by atoms with Crippen molar-refractivity contribution in [1.29, 1.82) is 0 Å². The van der Waals surface area contributed by atoms with Gasteiger partial charge in [-0.05, 0) is 25.0 Å². The third kappa shape index (κ3) is 4.37. The van der Waals surface area contributed by atoms with Crippen LogP contribution in [0.4, 0.5) is 10.1 Å². The van der Waals surface area contributed by atoms with Gasteiger partial charge in [0.1, 0.15) is 11.4 Å². The van der Waals surface area contributed by atoms with Crippen LogP contribution >= 0.6 is 11.6 Å². The third-order valence-electron chi connectivity index (χ3n) is 3.13. The van der Waals surface area contributed by atoms with Gasteiger partial charge in [-0.1, -0.05) is 25.4 Å². The highest BCUT2D eigenvalue weighted by Gasteiger charge is 2.36. The average Bonchev–Trinajstić information content (AvgIpc) is 2.41. The van der Waals surface area contributed by atoms with Crippen molar-refractivity contribution in [3.63, 3.8) is 0 Å². The summed E-state index contributed by atoms with van der Waals surface area (Å²) in [4.78, 5) is 11.0. The number of rotatable bonds is 8. The Morgan fingerprint density at radius 1 is 1.29 bits per heavy atom. The molecule has 136 valence electrons. The van der Waals surface area contributed by atoms with Crippen LogP contribution in [0.5, 0.6) is 0 Å². The second-order valence-corrected chi connectivity index (χ2v) is 9.78. The number of carboxylic acids is 1. The van der Waals surface area contributed by atoms with E-state index in [1.54, 1.807) is 6.92 Å². The van der Waals surface area contributed by atoms with Gasteiger partial charge in [-0.25, -0.2) is 26.0 Å². The maximum absolute atomic E-state index is 13.5. The topological polar surface area (TPSA) is 118 Å². The van der Waals surface area contributed by atoms with Crippen molar-refractivity contribution < 1.29 is 31.1 Å². The number of nitrogens with one attached hydrogen (secondary N) is 1. The monoisotopic (exact) mass is 401 g/mol. The van der Waals surface area contributed by atoms with Crippen LogP contribution in [-0.4, -0.2) is 38.2 Å². The Hall–Kier alpha value is -1.39. The van der Waals surface area contributed by atoms with Crippen LogP contribution in [0.1, 0.15) is 37.0 Å². The summed E-state index contributed by atoms with van der Waals surface area (Å²) in [5.41, 5.74) is -1.30. The second kappa shape index (κ2) is 7.66. The zero-order chi connectivity index (χ0) is 18.7. The Bertz CT molecular complexity index is 838. The van der Waals surface area contributed by atoms with Crippen molar-refractivity contribution in [1.82, 2.24) is 0 Å². The van der Waals surface area contributed by atoms with Crippen LogP contribution < -0.4 is 4.72 Å². The van der Waals surface area contributed by atoms with Gasteiger partial charge in [0.15, 0.2) is 14.4 Å². The molecule has 0 saturated carbocycles. The molecule has 0 amide bonds. The second-order valence-electron chi connectivity index (χ2n) is 4.94. The van der Waals surface area contributed by atoms with Crippen LogP contribution in [0, 0.1) is 5.82 Å². The highest BCUT2D eigenvalue weighted by Crippen LogP contribution is 2.30. The van der Waals surface area contributed by atoms with Gasteiger partial charge in [0, 0.05) is 0 Å². The SMILES string of the molecule is CCCS(=O)(=O)C(CC)S(=O)(=O)Nc1ccc(F)c(C(=O)O)c1Cl. The number of carboxylic acid groups (broad SMARTS) is 1. The van der Waals surface area contributed by atoms with Gasteiger partial charge >= 0.3 is 5.97 Å². The summed E-state index contributed by atoms with van der Waals surface area (Å²) in [6.07, 6.45) is 0.0388. The minimum absolute atomic E-state index is 0.206. The van der Waals surface area contributed by atoms with E-state index >= 15 is 0 Å². The first-order chi connectivity index (χ1) is 11.0. The predicted octanol–water partition coefficient (Wildman–Crippen LogP) is 2.48. The molecule has 0 aliphatic carbocycles. The van der Waals surface area contributed by atoms with Gasteiger partial charge < -0.3 is 5.11 Å². The molecule has 0 bridgehead atoms. The van der Waals surface area contributed by atoms with E-state index in [4.69, 9.17) is 16.7 Å². The lowest BCUT2D eigenvalue weighted by molar-refractivity contribution is 0.0692. The van der Waals surface area contributed by atoms with Gasteiger partial charge in [-0.15, -0.1) is 0 Å². The van der Waals surface area contributed by atoms with Gasteiger partial charge in [0.05, 0.1) is 16.5 Å². The average molecular weight is 402 g/mol. The molecule has 0 spiro atoms. The van der Waals surface area contributed by atoms with Crippen molar-refractivity contribution in [2.75, 3.05) is 10.5 Å². The lowest BCUT2D eigenvalue weighted by Crippen LogP contribution is -2.36. The number of aromatic carboxylic acids is 1. The van der Waals surface area contributed by atoms with Crippen molar-refractivity contribution in [2.45, 2.75) is 31.3 Å². The number of benzene rings is 1. The molecule has 24 heavy (non-hydrogen) atoms. The van der Waals surface area contributed by atoms with Gasteiger partial charge in [0.25, 0.3) is 0 Å². The Balaban J connectivity index is 3.34. The lowest BCUT2D eigenvalue weighted by atomic mass is 10.2. The summed E-state index contributed by atoms with van der Waals surface area (Å²) in [5.74, 6) is -3.13. The van der Waals surface area contributed by atoms with Gasteiger partial charge in [-0.3, -0.25) is 4.72 Å². The molecular formula is C13H17ClFNO6S2. The number of halogens is 2. The number of sulfonamides is 1. The lowest BCUT2D eigenvalue weighted by Gasteiger charge is -2.18. The van der Waals surface area contributed by atoms with Crippen molar-refractivity contribution in [3.05, 3.63) is 28.5 Å². The number of hydrogen-bond acceptors (Lipinski definition) is 5. The number of anilines is 1. The van der Waals surface area contributed by atoms with E-state index in [0.29, 0.717) is 0 Å². The highest BCUT2D eigenvalue weighted by molar-refractivity contribution is 8.09. The van der Waals surface area contributed by atoms with E-state index in [2.05, 4.69) is 0 Å². The number of carbonyl (C=O) groups is 1. The van der Waals surface area contributed by atoms with Crippen molar-refractivity contribution in [3.8, 4) is 0 Å². The molecule has 7 nitrogen and oxygen atoms in total. The fourth-order valence-electron chi connectivity index (χ4n) is 2.13.